The topological polar surface area (TPSA) is 49.1 Å². The zero-order valence-corrected chi connectivity index (χ0v) is 20.2. The molecule has 2 aromatic carbocycles. The van der Waals surface area contributed by atoms with E-state index in [1.807, 2.05) is 54.6 Å². The molecular weight excluding hydrogens is 510 g/mol. The average Bonchev–Trinajstić information content (AvgIpc) is 3.42. The van der Waals surface area contributed by atoms with Crippen molar-refractivity contribution in [2.24, 2.45) is 4.99 Å². The number of nitrogens with zero attached hydrogens (tertiary/aromatic N) is 3. The zero-order valence-electron chi connectivity index (χ0n) is 17.0. The fraction of sp³-hybridized carbons (Fsp3) is 0.167. The second-order valence-electron chi connectivity index (χ2n) is 7.47. The Hall–Kier alpha value is -2.48. The molecule has 0 saturated carbocycles. The van der Waals surface area contributed by atoms with Gasteiger partial charge in [-0.25, -0.2) is 0 Å². The number of aliphatic imine (C=N–C) groups is 1. The second-order valence-corrected chi connectivity index (χ2v) is 9.83. The van der Waals surface area contributed by atoms with Crippen LogP contribution in [-0.2, 0) is 4.79 Å². The Morgan fingerprint density at radius 1 is 1.00 bits per heavy atom. The summed E-state index contributed by atoms with van der Waals surface area (Å²) in [6.07, 6.45) is 1.77. The number of rotatable bonds is 3. The average molecular weight is 529 g/mol. The summed E-state index contributed by atoms with van der Waals surface area (Å²) in [5.41, 5.74) is 2.10. The van der Waals surface area contributed by atoms with Gasteiger partial charge in [0.2, 0.25) is 0 Å². The number of carbonyl (C=O) groups excluding carboxylic acids is 1. The van der Waals surface area contributed by atoms with Gasteiger partial charge in [0.15, 0.2) is 5.17 Å². The van der Waals surface area contributed by atoms with Gasteiger partial charge >= 0.3 is 0 Å². The highest BCUT2D eigenvalue weighted by molar-refractivity contribution is 9.10. The van der Waals surface area contributed by atoms with E-state index < -0.39 is 0 Å². The van der Waals surface area contributed by atoms with E-state index >= 15 is 0 Å². The molecule has 162 valence electrons. The minimum atomic E-state index is -0.219. The lowest BCUT2D eigenvalue weighted by atomic mass is 10.2. The Morgan fingerprint density at radius 3 is 2.50 bits per heavy atom. The molecule has 1 aromatic heterocycles. The molecule has 0 atom stereocenters. The molecule has 8 heteroatoms. The summed E-state index contributed by atoms with van der Waals surface area (Å²) < 4.78 is 6.95. The molecule has 2 aliphatic rings. The first-order valence-corrected chi connectivity index (χ1v) is 12.2. The van der Waals surface area contributed by atoms with Crippen LogP contribution >= 0.6 is 39.3 Å². The minimum absolute atomic E-state index is 0.219. The summed E-state index contributed by atoms with van der Waals surface area (Å²) >= 11 is 11.0. The van der Waals surface area contributed by atoms with E-state index in [0.717, 1.165) is 57.9 Å². The molecule has 1 amide bonds. The van der Waals surface area contributed by atoms with Crippen LogP contribution in [0.3, 0.4) is 0 Å². The Morgan fingerprint density at radius 2 is 1.75 bits per heavy atom. The van der Waals surface area contributed by atoms with Crippen LogP contribution in [0.1, 0.15) is 5.76 Å². The Kier molecular flexibility index (Phi) is 6.13. The lowest BCUT2D eigenvalue weighted by molar-refractivity contribution is -0.113. The van der Waals surface area contributed by atoms with E-state index in [2.05, 4.69) is 36.8 Å². The SMILES string of the molecule is O=C1N=C(N2CCN(c3cccc(Cl)c3)CC2)SC1=Cc1ccc(-c2ccc(Br)cc2)o1. The quantitative estimate of drug-likeness (QED) is 0.381. The molecule has 3 heterocycles. The molecule has 32 heavy (non-hydrogen) atoms. The third-order valence-electron chi connectivity index (χ3n) is 5.36. The van der Waals surface area contributed by atoms with E-state index in [-0.39, 0.29) is 5.91 Å². The third-order valence-corrected chi connectivity index (χ3v) is 7.17. The number of halogens is 2. The van der Waals surface area contributed by atoms with Crippen LogP contribution in [0.4, 0.5) is 5.69 Å². The van der Waals surface area contributed by atoms with Gasteiger partial charge in [-0.2, -0.15) is 4.99 Å². The Balaban J connectivity index is 1.23. The number of benzene rings is 2. The number of anilines is 1. The summed E-state index contributed by atoms with van der Waals surface area (Å²) in [5, 5.41) is 1.49. The van der Waals surface area contributed by atoms with Crippen molar-refractivity contribution in [1.82, 2.24) is 4.90 Å². The minimum Gasteiger partial charge on any atom is -0.457 e. The standard InChI is InChI=1S/C24H19BrClN3O2S/c25-17-6-4-16(5-7-17)21-9-8-20(31-21)15-22-23(30)27-24(32-22)29-12-10-28(11-13-29)19-3-1-2-18(26)14-19/h1-9,14-15H,10-13H2. The van der Waals surface area contributed by atoms with Gasteiger partial charge in [0, 0.05) is 53.0 Å². The Labute approximate surface area is 203 Å². The molecule has 0 spiro atoms. The maximum absolute atomic E-state index is 12.5. The van der Waals surface area contributed by atoms with Gasteiger partial charge in [0.1, 0.15) is 11.5 Å². The van der Waals surface area contributed by atoms with E-state index in [1.165, 1.54) is 11.8 Å². The fourth-order valence-electron chi connectivity index (χ4n) is 3.69. The lowest BCUT2D eigenvalue weighted by Crippen LogP contribution is -2.47. The van der Waals surface area contributed by atoms with Crippen molar-refractivity contribution in [3.8, 4) is 11.3 Å². The maximum atomic E-state index is 12.5. The second kappa shape index (κ2) is 9.17. The van der Waals surface area contributed by atoms with Gasteiger partial charge in [-0.1, -0.05) is 45.7 Å². The first kappa shape index (κ1) is 21.4. The van der Waals surface area contributed by atoms with Crippen molar-refractivity contribution in [3.05, 3.63) is 80.8 Å². The molecule has 1 fully saturated rings. The predicted molar refractivity (Wildman–Crippen MR) is 135 cm³/mol. The maximum Gasteiger partial charge on any atom is 0.286 e. The third kappa shape index (κ3) is 4.65. The first-order chi connectivity index (χ1) is 15.5. The largest absolute Gasteiger partial charge is 0.457 e. The van der Waals surface area contributed by atoms with E-state index in [4.69, 9.17) is 16.0 Å². The van der Waals surface area contributed by atoms with Gasteiger partial charge in [-0.05, 0) is 54.2 Å². The molecule has 0 unspecified atom stereocenters. The first-order valence-electron chi connectivity index (χ1n) is 10.2. The van der Waals surface area contributed by atoms with Crippen molar-refractivity contribution >= 4 is 62.1 Å². The summed E-state index contributed by atoms with van der Waals surface area (Å²) in [5.74, 6) is 1.18. The van der Waals surface area contributed by atoms with E-state index in [1.54, 1.807) is 6.08 Å². The van der Waals surface area contributed by atoms with Gasteiger partial charge in [-0.15, -0.1) is 0 Å². The van der Waals surface area contributed by atoms with Crippen molar-refractivity contribution < 1.29 is 9.21 Å². The summed E-state index contributed by atoms with van der Waals surface area (Å²) in [6, 6.07) is 19.6. The van der Waals surface area contributed by atoms with E-state index in [0.29, 0.717) is 10.7 Å². The van der Waals surface area contributed by atoms with Crippen LogP contribution in [0.2, 0.25) is 5.02 Å². The monoisotopic (exact) mass is 527 g/mol. The van der Waals surface area contributed by atoms with Crippen LogP contribution in [0.5, 0.6) is 0 Å². The number of hydrogen-bond acceptors (Lipinski definition) is 5. The van der Waals surface area contributed by atoms with Gasteiger partial charge in [-0.3, -0.25) is 4.79 Å². The molecule has 0 bridgehead atoms. The Bertz CT molecular complexity index is 1210. The summed E-state index contributed by atoms with van der Waals surface area (Å²) in [6.45, 7) is 3.30. The van der Waals surface area contributed by atoms with Crippen LogP contribution in [0.15, 0.2) is 79.5 Å². The predicted octanol–water partition coefficient (Wildman–Crippen LogP) is 6.16. The molecule has 0 aliphatic carbocycles. The van der Waals surface area contributed by atoms with E-state index in [9.17, 15) is 4.79 Å². The number of amidine groups is 1. The molecule has 3 aromatic rings. The highest BCUT2D eigenvalue weighted by Gasteiger charge is 2.29. The van der Waals surface area contributed by atoms with Crippen molar-refractivity contribution in [2.75, 3.05) is 31.1 Å². The van der Waals surface area contributed by atoms with Crippen molar-refractivity contribution in [1.29, 1.82) is 0 Å². The van der Waals surface area contributed by atoms with Crippen molar-refractivity contribution in [2.45, 2.75) is 0 Å². The normalized spacial score (nSPS) is 17.9. The number of amides is 1. The van der Waals surface area contributed by atoms with Gasteiger partial charge in [0.25, 0.3) is 5.91 Å². The molecule has 0 radical (unpaired) electrons. The molecule has 5 rings (SSSR count). The van der Waals surface area contributed by atoms with Gasteiger partial charge < -0.3 is 14.2 Å². The summed E-state index contributed by atoms with van der Waals surface area (Å²) in [7, 11) is 0. The van der Waals surface area contributed by atoms with Crippen LogP contribution < -0.4 is 4.90 Å². The van der Waals surface area contributed by atoms with Gasteiger partial charge in [0.05, 0.1) is 4.91 Å². The number of piperazine rings is 1. The number of carbonyl (C=O) groups is 1. The fourth-order valence-corrected chi connectivity index (χ4v) is 5.08. The molecule has 5 nitrogen and oxygen atoms in total. The molecule has 0 N–H and O–H groups in total. The molecule has 2 aliphatic heterocycles. The summed E-state index contributed by atoms with van der Waals surface area (Å²) in [4.78, 5) is 21.8. The smallest absolute Gasteiger partial charge is 0.286 e. The van der Waals surface area contributed by atoms with Crippen LogP contribution in [0, 0.1) is 0 Å². The highest BCUT2D eigenvalue weighted by Crippen LogP contribution is 2.33. The number of furan rings is 1. The number of hydrogen-bond donors (Lipinski definition) is 0. The number of thioether (sulfide) groups is 1. The van der Waals surface area contributed by atoms with Crippen LogP contribution in [-0.4, -0.2) is 42.2 Å². The van der Waals surface area contributed by atoms with Crippen molar-refractivity contribution in [3.63, 3.8) is 0 Å². The highest BCUT2D eigenvalue weighted by atomic mass is 79.9. The molecular formula is C24H19BrClN3O2S. The zero-order chi connectivity index (χ0) is 22.1. The van der Waals surface area contributed by atoms with Crippen LogP contribution in [0.25, 0.3) is 17.4 Å². The lowest BCUT2D eigenvalue weighted by Gasteiger charge is -2.36. The molecule has 1 saturated heterocycles.